The summed E-state index contributed by atoms with van der Waals surface area (Å²) in [5.74, 6) is -0.322. The van der Waals surface area contributed by atoms with E-state index >= 15 is 0 Å². The summed E-state index contributed by atoms with van der Waals surface area (Å²) in [6.45, 7) is 5.63. The molecule has 0 amide bonds. The summed E-state index contributed by atoms with van der Waals surface area (Å²) >= 11 is 0. The number of Topliss-reactive ketones (excluding diaryl/α,β-unsaturated/α-hetero) is 1. The number of phenolic OH excluding ortho intramolecular Hbond substituents is 1. The molecule has 1 heterocycles. The van der Waals surface area contributed by atoms with Crippen molar-refractivity contribution in [3.8, 4) is 22.6 Å². The molecule has 0 spiro atoms. The Morgan fingerprint density at radius 3 is 2.54 bits per heavy atom. The summed E-state index contributed by atoms with van der Waals surface area (Å²) in [5.41, 5.74) is 2.28. The van der Waals surface area contributed by atoms with Crippen LogP contribution in [0.3, 0.4) is 0 Å². The van der Waals surface area contributed by atoms with Gasteiger partial charge in [0.05, 0.1) is 11.1 Å². The monoisotopic (exact) mass is 354 g/mol. The number of benzene rings is 2. The second-order valence-electron chi connectivity index (χ2n) is 7.06. The average molecular weight is 354 g/mol. The molecular formula is C21H22O5. The van der Waals surface area contributed by atoms with Crippen molar-refractivity contribution in [2.45, 2.75) is 45.6 Å². The van der Waals surface area contributed by atoms with Gasteiger partial charge < -0.3 is 14.9 Å². The van der Waals surface area contributed by atoms with Gasteiger partial charge in [0.2, 0.25) is 0 Å². The first-order chi connectivity index (χ1) is 12.2. The average Bonchev–Trinajstić information content (AvgIpc) is 2.58. The maximum atomic E-state index is 11.6. The number of aryl methyl sites for hydroxylation is 1. The van der Waals surface area contributed by atoms with Gasteiger partial charge in [0.25, 0.3) is 0 Å². The number of hydrogen-bond donors (Lipinski definition) is 2. The highest BCUT2D eigenvalue weighted by Gasteiger charge is 2.34. The van der Waals surface area contributed by atoms with E-state index in [-0.39, 0.29) is 17.1 Å². The quantitative estimate of drug-likeness (QED) is 0.836. The number of carboxylic acids is 1. The zero-order valence-electron chi connectivity index (χ0n) is 15.1. The van der Waals surface area contributed by atoms with E-state index in [1.165, 1.54) is 0 Å². The van der Waals surface area contributed by atoms with Crippen LogP contribution >= 0.6 is 0 Å². The molecule has 0 fully saturated rings. The van der Waals surface area contributed by atoms with Gasteiger partial charge in [0, 0.05) is 18.4 Å². The number of hydrogen-bond acceptors (Lipinski definition) is 4. The van der Waals surface area contributed by atoms with Crippen LogP contribution in [0.1, 0.15) is 55.1 Å². The van der Waals surface area contributed by atoms with Crippen molar-refractivity contribution in [3.63, 3.8) is 0 Å². The van der Waals surface area contributed by atoms with Gasteiger partial charge in [-0.1, -0.05) is 13.0 Å². The Morgan fingerprint density at radius 2 is 1.88 bits per heavy atom. The highest BCUT2D eigenvalue weighted by atomic mass is 16.5. The standard InChI is InChI=1S/C21H22O5/c1-4-14(22)7-5-12-9-17(23)19-15-11-13(20(24)25)6-8-16(15)21(2,3)26-18(19)10-12/h6,8-11,23H,4-5,7H2,1-3H3,(H,24,25). The van der Waals surface area contributed by atoms with Gasteiger partial charge in [-0.3, -0.25) is 4.79 Å². The highest BCUT2D eigenvalue weighted by Crippen LogP contribution is 2.49. The number of carbonyl (C=O) groups excluding carboxylic acids is 1. The van der Waals surface area contributed by atoms with Crippen molar-refractivity contribution in [2.24, 2.45) is 0 Å². The van der Waals surface area contributed by atoms with E-state index in [1.807, 2.05) is 26.8 Å². The molecule has 1 aliphatic heterocycles. The summed E-state index contributed by atoms with van der Waals surface area (Å²) in [5, 5.41) is 19.9. The van der Waals surface area contributed by atoms with Crippen LogP contribution in [0, 0.1) is 0 Å². The Hall–Kier alpha value is -2.82. The van der Waals surface area contributed by atoms with Crippen LogP contribution in [0.25, 0.3) is 11.1 Å². The van der Waals surface area contributed by atoms with Crippen molar-refractivity contribution in [3.05, 3.63) is 47.0 Å². The third-order valence-corrected chi connectivity index (χ3v) is 4.78. The van der Waals surface area contributed by atoms with Gasteiger partial charge >= 0.3 is 5.97 Å². The van der Waals surface area contributed by atoms with Crippen LogP contribution in [-0.2, 0) is 16.8 Å². The van der Waals surface area contributed by atoms with Crippen LogP contribution in [0.15, 0.2) is 30.3 Å². The molecule has 0 bridgehead atoms. The lowest BCUT2D eigenvalue weighted by Crippen LogP contribution is -2.29. The predicted octanol–water partition coefficient (Wildman–Crippen LogP) is 4.30. The SMILES string of the molecule is CCC(=O)CCc1cc(O)c2c(c1)OC(C)(C)c1ccc(C(=O)O)cc1-2. The molecule has 1 aliphatic rings. The van der Waals surface area contributed by atoms with Gasteiger partial charge in [0.1, 0.15) is 22.9 Å². The highest BCUT2D eigenvalue weighted by molar-refractivity contribution is 5.92. The van der Waals surface area contributed by atoms with Crippen LogP contribution in [0.4, 0.5) is 0 Å². The lowest BCUT2D eigenvalue weighted by atomic mass is 9.84. The van der Waals surface area contributed by atoms with E-state index in [0.717, 1.165) is 11.1 Å². The number of carboxylic acid groups (broad SMARTS) is 1. The largest absolute Gasteiger partial charge is 0.507 e. The molecule has 0 saturated heterocycles. The van der Waals surface area contributed by atoms with E-state index in [2.05, 4.69) is 0 Å². The fraction of sp³-hybridized carbons (Fsp3) is 0.333. The van der Waals surface area contributed by atoms with Gasteiger partial charge in [0.15, 0.2) is 0 Å². The van der Waals surface area contributed by atoms with Crippen LogP contribution in [0.2, 0.25) is 0 Å². The molecule has 5 nitrogen and oxygen atoms in total. The number of phenols is 1. The third kappa shape index (κ3) is 3.17. The van der Waals surface area contributed by atoms with E-state index < -0.39 is 11.6 Å². The minimum absolute atomic E-state index is 0.0285. The van der Waals surface area contributed by atoms with Gasteiger partial charge in [-0.05, 0) is 55.7 Å². The molecule has 5 heteroatoms. The Kier molecular flexibility index (Phi) is 4.48. The fourth-order valence-corrected chi connectivity index (χ4v) is 3.35. The number of ether oxygens (including phenoxy) is 1. The Balaban J connectivity index is 2.11. The van der Waals surface area contributed by atoms with Crippen molar-refractivity contribution in [1.29, 1.82) is 0 Å². The molecule has 0 saturated carbocycles. The maximum absolute atomic E-state index is 11.6. The van der Waals surface area contributed by atoms with Gasteiger partial charge in [-0.25, -0.2) is 4.79 Å². The second kappa shape index (κ2) is 6.48. The first kappa shape index (κ1) is 18.0. The van der Waals surface area contributed by atoms with E-state index in [0.29, 0.717) is 36.1 Å². The maximum Gasteiger partial charge on any atom is 0.335 e. The predicted molar refractivity (Wildman–Crippen MR) is 97.8 cm³/mol. The molecular weight excluding hydrogens is 332 g/mol. The van der Waals surface area contributed by atoms with Crippen LogP contribution in [-0.4, -0.2) is 22.0 Å². The third-order valence-electron chi connectivity index (χ3n) is 4.78. The first-order valence-electron chi connectivity index (χ1n) is 8.67. The van der Waals surface area contributed by atoms with Crippen molar-refractivity contribution in [2.75, 3.05) is 0 Å². The molecule has 2 aromatic rings. The summed E-state index contributed by atoms with van der Waals surface area (Å²) in [7, 11) is 0. The molecule has 136 valence electrons. The molecule has 3 rings (SSSR count). The van der Waals surface area contributed by atoms with Gasteiger partial charge in [-0.2, -0.15) is 0 Å². The summed E-state index contributed by atoms with van der Waals surface area (Å²) in [6.07, 6.45) is 1.43. The Labute approximate surface area is 152 Å². The fourth-order valence-electron chi connectivity index (χ4n) is 3.35. The molecule has 2 aromatic carbocycles. The Morgan fingerprint density at radius 1 is 1.15 bits per heavy atom. The topological polar surface area (TPSA) is 83.8 Å². The number of aromatic hydroxyl groups is 1. The number of fused-ring (bicyclic) bond motifs is 3. The zero-order valence-corrected chi connectivity index (χ0v) is 15.1. The smallest absolute Gasteiger partial charge is 0.335 e. The van der Waals surface area contributed by atoms with E-state index in [9.17, 15) is 19.8 Å². The minimum atomic E-state index is -1.02. The molecule has 0 unspecified atom stereocenters. The molecule has 0 aliphatic carbocycles. The molecule has 0 radical (unpaired) electrons. The zero-order chi connectivity index (χ0) is 19.1. The lowest BCUT2D eigenvalue weighted by Gasteiger charge is -2.35. The van der Waals surface area contributed by atoms with Crippen molar-refractivity contribution in [1.82, 2.24) is 0 Å². The van der Waals surface area contributed by atoms with Crippen LogP contribution < -0.4 is 4.74 Å². The van der Waals surface area contributed by atoms with Gasteiger partial charge in [-0.15, -0.1) is 0 Å². The van der Waals surface area contributed by atoms with Crippen molar-refractivity contribution >= 4 is 11.8 Å². The lowest BCUT2D eigenvalue weighted by molar-refractivity contribution is -0.118. The number of rotatable bonds is 5. The number of aromatic carboxylic acids is 1. The number of ketones is 1. The molecule has 26 heavy (non-hydrogen) atoms. The van der Waals surface area contributed by atoms with E-state index in [1.54, 1.807) is 24.3 Å². The summed E-state index contributed by atoms with van der Waals surface area (Å²) < 4.78 is 6.11. The van der Waals surface area contributed by atoms with E-state index in [4.69, 9.17) is 4.74 Å². The minimum Gasteiger partial charge on any atom is -0.507 e. The number of carbonyl (C=O) groups is 2. The summed E-state index contributed by atoms with van der Waals surface area (Å²) in [4.78, 5) is 22.9. The second-order valence-corrected chi connectivity index (χ2v) is 7.06. The van der Waals surface area contributed by atoms with Crippen molar-refractivity contribution < 1.29 is 24.5 Å². The molecule has 0 aromatic heterocycles. The normalized spacial score (nSPS) is 14.1. The van der Waals surface area contributed by atoms with Crippen LogP contribution in [0.5, 0.6) is 11.5 Å². The first-order valence-corrected chi connectivity index (χ1v) is 8.67. The molecule has 2 N–H and O–H groups in total. The Bertz CT molecular complexity index is 896. The summed E-state index contributed by atoms with van der Waals surface area (Å²) in [6, 6.07) is 8.30. The molecule has 0 atom stereocenters.